The fourth-order valence-corrected chi connectivity index (χ4v) is 4.37. The Kier molecular flexibility index (Phi) is 5.19. The van der Waals surface area contributed by atoms with Crippen LogP contribution in [0.2, 0.25) is 0 Å². The Morgan fingerprint density at radius 1 is 0.963 bits per heavy atom. The second-order valence-corrected chi connectivity index (χ2v) is 8.52. The van der Waals surface area contributed by atoms with Gasteiger partial charge in [-0.3, -0.25) is 9.10 Å². The second kappa shape index (κ2) is 7.40. The molecule has 3 rings (SSSR count). The topological polar surface area (TPSA) is 74.7 Å². The summed E-state index contributed by atoms with van der Waals surface area (Å²) in [6.07, 6.45) is 0. The first-order valence-corrected chi connectivity index (χ1v) is 10.1. The quantitative estimate of drug-likeness (QED) is 0.691. The Labute approximate surface area is 158 Å². The van der Waals surface area contributed by atoms with Crippen molar-refractivity contribution in [1.29, 1.82) is 0 Å². The van der Waals surface area contributed by atoms with Gasteiger partial charge in [-0.1, -0.05) is 56.3 Å². The number of benzene rings is 3. The van der Waals surface area contributed by atoms with Crippen molar-refractivity contribution in [3.05, 3.63) is 72.3 Å². The van der Waals surface area contributed by atoms with Crippen LogP contribution in [0.5, 0.6) is 0 Å². The zero-order valence-electron chi connectivity index (χ0n) is 15.2. The molecule has 0 saturated heterocycles. The molecule has 0 fully saturated rings. The van der Waals surface area contributed by atoms with Crippen LogP contribution >= 0.6 is 0 Å². The summed E-state index contributed by atoms with van der Waals surface area (Å²) >= 11 is 0. The number of carboxylic acid groups (broad SMARTS) is 1. The number of hydrogen-bond acceptors (Lipinski definition) is 3. The Morgan fingerprint density at radius 2 is 1.59 bits per heavy atom. The van der Waals surface area contributed by atoms with E-state index >= 15 is 0 Å². The molecular formula is C21H21NO4S. The minimum Gasteiger partial charge on any atom is -0.480 e. The van der Waals surface area contributed by atoms with Gasteiger partial charge in [0.25, 0.3) is 10.0 Å². The lowest BCUT2D eigenvalue weighted by molar-refractivity contribution is -0.135. The summed E-state index contributed by atoms with van der Waals surface area (Å²) in [5, 5.41) is 11.0. The molecule has 0 aliphatic heterocycles. The Morgan fingerprint density at radius 3 is 2.19 bits per heavy atom. The maximum absolute atomic E-state index is 13.2. The number of nitrogens with zero attached hydrogens (tertiary/aromatic N) is 1. The maximum Gasteiger partial charge on any atom is 0.324 e. The molecular weight excluding hydrogens is 362 g/mol. The highest BCUT2D eigenvalue weighted by Crippen LogP contribution is 2.27. The summed E-state index contributed by atoms with van der Waals surface area (Å²) in [5.74, 6) is -0.920. The molecule has 0 atom stereocenters. The summed E-state index contributed by atoms with van der Waals surface area (Å²) in [4.78, 5) is 11.4. The molecule has 0 bridgehead atoms. The first-order valence-electron chi connectivity index (χ1n) is 8.62. The highest BCUT2D eigenvalue weighted by molar-refractivity contribution is 7.92. The Hall–Kier alpha value is -2.86. The second-order valence-electron chi connectivity index (χ2n) is 6.66. The number of carboxylic acids is 1. The number of carbonyl (C=O) groups is 1. The van der Waals surface area contributed by atoms with Gasteiger partial charge in [0.15, 0.2) is 0 Å². The van der Waals surface area contributed by atoms with Crippen LogP contribution in [-0.2, 0) is 14.8 Å². The lowest BCUT2D eigenvalue weighted by Gasteiger charge is -2.23. The molecule has 0 spiro atoms. The average molecular weight is 383 g/mol. The van der Waals surface area contributed by atoms with Gasteiger partial charge in [0.05, 0.1) is 10.6 Å². The molecule has 140 valence electrons. The molecule has 3 aromatic carbocycles. The summed E-state index contributed by atoms with van der Waals surface area (Å²) in [6.45, 7) is 3.43. The molecule has 0 saturated carbocycles. The molecule has 3 aromatic rings. The molecule has 0 heterocycles. The van der Waals surface area contributed by atoms with Crippen LogP contribution in [0, 0.1) is 0 Å². The van der Waals surface area contributed by atoms with E-state index in [9.17, 15) is 18.3 Å². The van der Waals surface area contributed by atoms with Gasteiger partial charge in [-0.15, -0.1) is 0 Å². The Balaban J connectivity index is 2.07. The minimum atomic E-state index is -4.02. The molecule has 6 heteroatoms. The molecule has 5 nitrogen and oxygen atoms in total. The van der Waals surface area contributed by atoms with E-state index in [2.05, 4.69) is 0 Å². The van der Waals surface area contributed by atoms with Crippen molar-refractivity contribution in [1.82, 2.24) is 0 Å². The van der Waals surface area contributed by atoms with Gasteiger partial charge in [-0.05, 0) is 46.5 Å². The normalized spacial score (nSPS) is 11.7. The van der Waals surface area contributed by atoms with Crippen LogP contribution in [0.4, 0.5) is 5.69 Å². The van der Waals surface area contributed by atoms with E-state index in [1.54, 1.807) is 24.3 Å². The zero-order chi connectivity index (χ0) is 19.6. The monoisotopic (exact) mass is 383 g/mol. The van der Waals surface area contributed by atoms with Gasteiger partial charge in [0.1, 0.15) is 6.54 Å². The van der Waals surface area contributed by atoms with Gasteiger partial charge in [0, 0.05) is 0 Å². The van der Waals surface area contributed by atoms with Gasteiger partial charge >= 0.3 is 5.97 Å². The predicted octanol–water partition coefficient (Wildman–Crippen LogP) is 4.24. The van der Waals surface area contributed by atoms with Crippen molar-refractivity contribution >= 4 is 32.5 Å². The van der Waals surface area contributed by atoms with Gasteiger partial charge < -0.3 is 5.11 Å². The van der Waals surface area contributed by atoms with Crippen molar-refractivity contribution in [2.24, 2.45) is 0 Å². The first kappa shape index (κ1) is 18.9. The molecule has 0 unspecified atom stereocenters. The molecule has 0 amide bonds. The van der Waals surface area contributed by atoms with E-state index in [0.29, 0.717) is 11.6 Å². The summed E-state index contributed by atoms with van der Waals surface area (Å²) in [7, 11) is -4.02. The maximum atomic E-state index is 13.2. The van der Waals surface area contributed by atoms with Crippen LogP contribution in [0.1, 0.15) is 25.3 Å². The van der Waals surface area contributed by atoms with Crippen LogP contribution in [0.15, 0.2) is 71.6 Å². The molecule has 0 radical (unpaired) electrons. The van der Waals surface area contributed by atoms with Gasteiger partial charge in [0.2, 0.25) is 0 Å². The number of fused-ring (bicyclic) bond motifs is 1. The number of aliphatic carboxylic acids is 1. The molecule has 0 aromatic heterocycles. The molecule has 0 aliphatic carbocycles. The lowest BCUT2D eigenvalue weighted by atomic mass is 10.0. The summed E-state index contributed by atoms with van der Waals surface area (Å²) in [6, 6.07) is 19.2. The lowest BCUT2D eigenvalue weighted by Crippen LogP contribution is -2.35. The minimum absolute atomic E-state index is 0.0652. The molecule has 0 aliphatic rings. The van der Waals surface area contributed by atoms with E-state index < -0.39 is 22.5 Å². The van der Waals surface area contributed by atoms with Crippen molar-refractivity contribution in [2.75, 3.05) is 10.8 Å². The summed E-state index contributed by atoms with van der Waals surface area (Å²) < 4.78 is 27.3. The van der Waals surface area contributed by atoms with E-state index in [1.165, 1.54) is 6.07 Å². The van der Waals surface area contributed by atoms with Crippen molar-refractivity contribution in [3.63, 3.8) is 0 Å². The number of sulfonamides is 1. The third-order valence-electron chi connectivity index (χ3n) is 4.44. The highest BCUT2D eigenvalue weighted by atomic mass is 32.2. The van der Waals surface area contributed by atoms with Gasteiger partial charge in [-0.25, -0.2) is 8.42 Å². The molecule has 27 heavy (non-hydrogen) atoms. The number of hydrogen-bond donors (Lipinski definition) is 1. The predicted molar refractivity (Wildman–Crippen MR) is 107 cm³/mol. The molecule has 1 N–H and O–H groups in total. The third-order valence-corrected chi connectivity index (χ3v) is 6.21. The van der Waals surface area contributed by atoms with Crippen molar-refractivity contribution < 1.29 is 18.3 Å². The smallest absolute Gasteiger partial charge is 0.324 e. The Bertz CT molecular complexity index is 1070. The van der Waals surface area contributed by atoms with Crippen molar-refractivity contribution in [3.8, 4) is 0 Å². The van der Waals surface area contributed by atoms with E-state index in [0.717, 1.165) is 20.6 Å². The fourth-order valence-electron chi connectivity index (χ4n) is 2.92. The van der Waals surface area contributed by atoms with Crippen molar-refractivity contribution in [2.45, 2.75) is 24.7 Å². The average Bonchev–Trinajstić information content (AvgIpc) is 2.65. The largest absolute Gasteiger partial charge is 0.480 e. The SMILES string of the molecule is CC(C)c1ccc(N(CC(=O)O)S(=O)(=O)c2ccc3ccccc3c2)cc1. The van der Waals surface area contributed by atoms with Crippen LogP contribution in [0.3, 0.4) is 0 Å². The van der Waals surface area contributed by atoms with Crippen LogP contribution in [-0.4, -0.2) is 26.0 Å². The van der Waals surface area contributed by atoms with E-state index in [4.69, 9.17) is 0 Å². The van der Waals surface area contributed by atoms with E-state index in [-0.39, 0.29) is 4.90 Å². The highest BCUT2D eigenvalue weighted by Gasteiger charge is 2.27. The number of anilines is 1. The van der Waals surface area contributed by atoms with Gasteiger partial charge in [-0.2, -0.15) is 0 Å². The van der Waals surface area contributed by atoms with Crippen LogP contribution in [0.25, 0.3) is 10.8 Å². The summed E-state index contributed by atoms with van der Waals surface area (Å²) in [5.41, 5.74) is 1.38. The number of rotatable bonds is 6. The third kappa shape index (κ3) is 3.95. The van der Waals surface area contributed by atoms with Crippen LogP contribution < -0.4 is 4.31 Å². The van der Waals surface area contributed by atoms with E-state index in [1.807, 2.05) is 50.2 Å². The standard InChI is InChI=1S/C21H21NO4S/c1-15(2)16-7-10-19(11-8-16)22(14-21(23)24)27(25,26)20-12-9-17-5-3-4-6-18(17)13-20/h3-13,15H,14H2,1-2H3,(H,23,24). The first-order chi connectivity index (χ1) is 12.8. The zero-order valence-corrected chi connectivity index (χ0v) is 16.0. The fraction of sp³-hybridized carbons (Fsp3) is 0.190.